The van der Waals surface area contributed by atoms with Gasteiger partial charge in [0.15, 0.2) is 11.5 Å². The summed E-state index contributed by atoms with van der Waals surface area (Å²) in [7, 11) is 0. The van der Waals surface area contributed by atoms with Crippen molar-refractivity contribution in [2.75, 3.05) is 19.8 Å². The van der Waals surface area contributed by atoms with Gasteiger partial charge in [0, 0.05) is 25.4 Å². The lowest BCUT2D eigenvalue weighted by molar-refractivity contribution is -0.128. The van der Waals surface area contributed by atoms with Crippen LogP contribution in [0.25, 0.3) is 0 Å². The Hall–Kier alpha value is -1.75. The van der Waals surface area contributed by atoms with E-state index in [1.165, 1.54) is 0 Å². The normalized spacial score (nSPS) is 25.7. The highest BCUT2D eigenvalue weighted by Gasteiger charge is 2.37. The van der Waals surface area contributed by atoms with Gasteiger partial charge in [0.2, 0.25) is 5.91 Å². The van der Waals surface area contributed by atoms with E-state index in [0.29, 0.717) is 26.2 Å². The van der Waals surface area contributed by atoms with E-state index in [-0.39, 0.29) is 18.0 Å². The first-order valence-corrected chi connectivity index (χ1v) is 7.15. The Morgan fingerprint density at radius 1 is 1.30 bits per heavy atom. The van der Waals surface area contributed by atoms with Gasteiger partial charge >= 0.3 is 0 Å². The number of rotatable bonds is 2. The fourth-order valence-electron chi connectivity index (χ4n) is 2.98. The first kappa shape index (κ1) is 13.2. The molecule has 2 N–H and O–H groups in total. The molecule has 0 spiro atoms. The van der Waals surface area contributed by atoms with Crippen molar-refractivity contribution in [3.8, 4) is 11.5 Å². The first-order chi connectivity index (χ1) is 9.70. The van der Waals surface area contributed by atoms with Crippen molar-refractivity contribution < 1.29 is 14.3 Å². The summed E-state index contributed by atoms with van der Waals surface area (Å²) < 4.78 is 11.3. The van der Waals surface area contributed by atoms with Gasteiger partial charge in [0.1, 0.15) is 0 Å². The van der Waals surface area contributed by atoms with Gasteiger partial charge in [-0.15, -0.1) is 0 Å². The number of likely N-dealkylation sites (N-methyl/N-ethyl adjacent to an activating group) is 1. The maximum absolute atomic E-state index is 11.9. The lowest BCUT2D eigenvalue weighted by Crippen LogP contribution is -2.32. The Kier molecular flexibility index (Phi) is 3.53. The smallest absolute Gasteiger partial charge is 0.224 e. The number of fused-ring (bicyclic) bond motifs is 1. The molecule has 2 heterocycles. The molecular formula is C15H20N2O3. The summed E-state index contributed by atoms with van der Waals surface area (Å²) >= 11 is 0. The molecule has 1 aromatic carbocycles. The molecule has 2 unspecified atom stereocenters. The molecule has 0 bridgehead atoms. The summed E-state index contributed by atoms with van der Waals surface area (Å²) in [5.41, 5.74) is 7.16. The molecule has 0 aromatic heterocycles. The average molecular weight is 276 g/mol. The quantitative estimate of drug-likeness (QED) is 0.888. The Labute approximate surface area is 118 Å². The summed E-state index contributed by atoms with van der Waals surface area (Å²) in [6, 6.07) is 5.64. The van der Waals surface area contributed by atoms with E-state index in [0.717, 1.165) is 23.5 Å². The third kappa shape index (κ3) is 2.22. The molecule has 5 heteroatoms. The summed E-state index contributed by atoms with van der Waals surface area (Å²) in [4.78, 5) is 13.8. The number of carbonyl (C=O) groups is 1. The molecule has 0 saturated carbocycles. The molecule has 1 fully saturated rings. The molecule has 2 aliphatic heterocycles. The Bertz CT molecular complexity index is 518. The molecule has 0 radical (unpaired) electrons. The molecule has 0 aliphatic carbocycles. The van der Waals surface area contributed by atoms with Gasteiger partial charge in [-0.25, -0.2) is 0 Å². The number of hydrogen-bond acceptors (Lipinski definition) is 4. The van der Waals surface area contributed by atoms with Crippen LogP contribution in [0.1, 0.15) is 31.4 Å². The fourth-order valence-corrected chi connectivity index (χ4v) is 2.98. The molecule has 108 valence electrons. The second kappa shape index (κ2) is 5.32. The minimum absolute atomic E-state index is 0.0651. The number of amides is 1. The van der Waals surface area contributed by atoms with E-state index < -0.39 is 0 Å². The van der Waals surface area contributed by atoms with E-state index in [1.807, 2.05) is 30.0 Å². The highest BCUT2D eigenvalue weighted by atomic mass is 16.5. The van der Waals surface area contributed by atoms with Gasteiger partial charge in [-0.05, 0) is 24.6 Å². The van der Waals surface area contributed by atoms with Gasteiger partial charge in [0.25, 0.3) is 0 Å². The maximum atomic E-state index is 11.9. The fraction of sp³-hybridized carbons (Fsp3) is 0.533. The van der Waals surface area contributed by atoms with Crippen molar-refractivity contribution in [3.05, 3.63) is 23.8 Å². The number of ether oxygens (including phenoxy) is 2. The highest BCUT2D eigenvalue weighted by molar-refractivity contribution is 5.80. The van der Waals surface area contributed by atoms with Gasteiger partial charge < -0.3 is 20.1 Å². The zero-order chi connectivity index (χ0) is 14.1. The number of nitrogens with two attached hydrogens (primary N) is 1. The topological polar surface area (TPSA) is 64.8 Å². The van der Waals surface area contributed by atoms with E-state index >= 15 is 0 Å². The van der Waals surface area contributed by atoms with E-state index in [2.05, 4.69) is 0 Å². The number of likely N-dealkylation sites (tertiary alicyclic amines) is 1. The average Bonchev–Trinajstić information content (AvgIpc) is 2.62. The molecule has 5 nitrogen and oxygen atoms in total. The number of hydrogen-bond donors (Lipinski definition) is 1. The van der Waals surface area contributed by atoms with Crippen LogP contribution in [-0.4, -0.2) is 36.6 Å². The predicted octanol–water partition coefficient (Wildman–Crippen LogP) is 1.47. The van der Waals surface area contributed by atoms with Gasteiger partial charge in [-0.1, -0.05) is 6.07 Å². The number of nitrogens with zero attached hydrogens (tertiary/aromatic N) is 1. The maximum Gasteiger partial charge on any atom is 0.224 e. The standard InChI is InChI=1S/C15H20N2O3/c1-2-17-14(18)9-11(16)15(17)10-4-5-12-13(8-10)20-7-3-6-19-12/h4-5,8,11,15H,2-3,6-7,9,16H2,1H3. The van der Waals surface area contributed by atoms with Gasteiger partial charge in [-0.3, -0.25) is 4.79 Å². The predicted molar refractivity (Wildman–Crippen MR) is 74.8 cm³/mol. The van der Waals surface area contributed by atoms with Crippen LogP contribution < -0.4 is 15.2 Å². The van der Waals surface area contributed by atoms with Crippen molar-refractivity contribution >= 4 is 5.91 Å². The van der Waals surface area contributed by atoms with E-state index in [9.17, 15) is 4.79 Å². The summed E-state index contributed by atoms with van der Waals surface area (Å²) in [5.74, 6) is 1.65. The van der Waals surface area contributed by atoms with Crippen molar-refractivity contribution in [1.82, 2.24) is 4.90 Å². The van der Waals surface area contributed by atoms with Crippen molar-refractivity contribution in [3.63, 3.8) is 0 Å². The van der Waals surface area contributed by atoms with Crippen LogP contribution in [0.3, 0.4) is 0 Å². The summed E-state index contributed by atoms with van der Waals surface area (Å²) in [5, 5.41) is 0. The largest absolute Gasteiger partial charge is 0.490 e. The first-order valence-electron chi connectivity index (χ1n) is 7.15. The Morgan fingerprint density at radius 2 is 2.05 bits per heavy atom. The van der Waals surface area contributed by atoms with Crippen molar-refractivity contribution in [2.45, 2.75) is 31.8 Å². The van der Waals surface area contributed by atoms with Crippen LogP contribution in [0.2, 0.25) is 0 Å². The van der Waals surface area contributed by atoms with Crippen LogP contribution >= 0.6 is 0 Å². The SMILES string of the molecule is CCN1C(=O)CC(N)C1c1ccc2c(c1)OCCCO2. The molecule has 20 heavy (non-hydrogen) atoms. The second-order valence-electron chi connectivity index (χ2n) is 5.25. The third-order valence-electron chi connectivity index (χ3n) is 3.93. The van der Waals surface area contributed by atoms with Crippen LogP contribution in [0.4, 0.5) is 0 Å². The van der Waals surface area contributed by atoms with Crippen molar-refractivity contribution in [1.29, 1.82) is 0 Å². The molecule has 3 rings (SSSR count). The van der Waals surface area contributed by atoms with E-state index in [4.69, 9.17) is 15.2 Å². The van der Waals surface area contributed by atoms with E-state index in [1.54, 1.807) is 0 Å². The lowest BCUT2D eigenvalue weighted by atomic mass is 10.00. The zero-order valence-corrected chi connectivity index (χ0v) is 11.7. The lowest BCUT2D eigenvalue weighted by Gasteiger charge is -2.26. The minimum Gasteiger partial charge on any atom is -0.490 e. The molecule has 1 aromatic rings. The Morgan fingerprint density at radius 3 is 2.80 bits per heavy atom. The molecule has 2 aliphatic rings. The number of benzene rings is 1. The molecule has 1 amide bonds. The summed E-state index contributed by atoms with van der Waals surface area (Å²) in [6.07, 6.45) is 1.29. The number of carbonyl (C=O) groups excluding carboxylic acids is 1. The Balaban J connectivity index is 1.94. The summed E-state index contributed by atoms with van der Waals surface area (Å²) in [6.45, 7) is 3.98. The second-order valence-corrected chi connectivity index (χ2v) is 5.25. The minimum atomic E-state index is -0.160. The van der Waals surface area contributed by atoms with Crippen LogP contribution in [-0.2, 0) is 4.79 Å². The molecule has 1 saturated heterocycles. The van der Waals surface area contributed by atoms with Gasteiger partial charge in [0.05, 0.1) is 19.3 Å². The monoisotopic (exact) mass is 276 g/mol. The van der Waals surface area contributed by atoms with Gasteiger partial charge in [-0.2, -0.15) is 0 Å². The van der Waals surface area contributed by atoms with Crippen LogP contribution in [0.5, 0.6) is 11.5 Å². The molecular weight excluding hydrogens is 256 g/mol. The highest BCUT2D eigenvalue weighted by Crippen LogP contribution is 2.37. The zero-order valence-electron chi connectivity index (χ0n) is 11.7. The van der Waals surface area contributed by atoms with Crippen molar-refractivity contribution in [2.24, 2.45) is 5.73 Å². The van der Waals surface area contributed by atoms with Crippen LogP contribution in [0, 0.1) is 0 Å². The van der Waals surface area contributed by atoms with Crippen LogP contribution in [0.15, 0.2) is 18.2 Å². The third-order valence-corrected chi connectivity index (χ3v) is 3.93. The molecule has 2 atom stereocenters.